The van der Waals surface area contributed by atoms with Gasteiger partial charge in [-0.2, -0.15) is 0 Å². The van der Waals surface area contributed by atoms with E-state index in [-0.39, 0.29) is 11.8 Å². The molecule has 0 aliphatic rings. The summed E-state index contributed by atoms with van der Waals surface area (Å²) in [4.78, 5) is 4.43. The average molecular weight is 276 g/mol. The van der Waals surface area contributed by atoms with E-state index < -0.39 is 9.84 Å². The summed E-state index contributed by atoms with van der Waals surface area (Å²) in [5, 5.41) is 6.37. The molecule has 4 nitrogen and oxygen atoms in total. The van der Waals surface area contributed by atoms with Crippen LogP contribution in [0, 0.1) is 6.92 Å². The van der Waals surface area contributed by atoms with Crippen molar-refractivity contribution in [1.29, 1.82) is 0 Å². The molecule has 1 heterocycles. The maximum Gasteiger partial charge on any atom is 0.147 e. The fraction of sp³-hybridized carbons (Fsp3) is 0.727. The van der Waals surface area contributed by atoms with Crippen molar-refractivity contribution in [2.45, 2.75) is 32.7 Å². The van der Waals surface area contributed by atoms with Gasteiger partial charge in [0.1, 0.15) is 9.84 Å². The molecule has 1 unspecified atom stereocenters. The zero-order chi connectivity index (χ0) is 12.9. The predicted octanol–water partition coefficient (Wildman–Crippen LogP) is 1.93. The lowest BCUT2D eigenvalue weighted by atomic mass is 10.1. The third kappa shape index (κ3) is 5.61. The fourth-order valence-electron chi connectivity index (χ4n) is 1.55. The highest BCUT2D eigenvalue weighted by atomic mass is 32.2. The smallest absolute Gasteiger partial charge is 0.147 e. The molecule has 0 saturated carbocycles. The number of sulfone groups is 1. The second-order valence-corrected chi connectivity index (χ2v) is 7.54. The van der Waals surface area contributed by atoms with Gasteiger partial charge in [-0.25, -0.2) is 13.4 Å². The van der Waals surface area contributed by atoms with Crippen molar-refractivity contribution in [3.63, 3.8) is 0 Å². The van der Waals surface area contributed by atoms with Crippen LogP contribution in [-0.4, -0.2) is 32.0 Å². The highest BCUT2D eigenvalue weighted by Gasteiger charge is 2.16. The lowest BCUT2D eigenvalue weighted by Gasteiger charge is -2.15. The number of nitrogens with one attached hydrogen (secondary N) is 1. The fourth-order valence-corrected chi connectivity index (χ4v) is 2.88. The average Bonchev–Trinajstić information content (AvgIpc) is 2.63. The van der Waals surface area contributed by atoms with Gasteiger partial charge in [-0.05, 0) is 26.3 Å². The van der Waals surface area contributed by atoms with Gasteiger partial charge in [-0.1, -0.05) is 6.92 Å². The first-order valence-electron chi connectivity index (χ1n) is 5.75. The molecule has 1 aromatic heterocycles. The van der Waals surface area contributed by atoms with E-state index in [0.717, 1.165) is 23.7 Å². The van der Waals surface area contributed by atoms with Crippen molar-refractivity contribution in [3.05, 3.63) is 16.1 Å². The van der Waals surface area contributed by atoms with E-state index in [1.807, 2.05) is 12.3 Å². The van der Waals surface area contributed by atoms with Gasteiger partial charge in [0.25, 0.3) is 0 Å². The summed E-state index contributed by atoms with van der Waals surface area (Å²) in [5.41, 5.74) is 0.963. The minimum atomic E-state index is -2.91. The summed E-state index contributed by atoms with van der Waals surface area (Å²) < 4.78 is 22.4. The summed E-state index contributed by atoms with van der Waals surface area (Å²) in [6.07, 6.45) is 2.89. The lowest BCUT2D eigenvalue weighted by Crippen LogP contribution is -2.24. The Bertz CT molecular complexity index is 440. The van der Waals surface area contributed by atoms with Crippen molar-refractivity contribution in [2.24, 2.45) is 0 Å². The van der Waals surface area contributed by atoms with Crippen LogP contribution in [0.15, 0.2) is 5.38 Å². The van der Waals surface area contributed by atoms with Gasteiger partial charge in [-0.3, -0.25) is 0 Å². The third-order valence-corrected chi connectivity index (χ3v) is 4.18. The molecular weight excluding hydrogens is 256 g/mol. The lowest BCUT2D eigenvalue weighted by molar-refractivity contribution is 0.505. The van der Waals surface area contributed by atoms with Crippen LogP contribution in [-0.2, 0) is 9.84 Å². The van der Waals surface area contributed by atoms with E-state index in [1.165, 1.54) is 6.26 Å². The van der Waals surface area contributed by atoms with E-state index in [2.05, 4.69) is 17.2 Å². The summed E-state index contributed by atoms with van der Waals surface area (Å²) in [6.45, 7) is 4.93. The van der Waals surface area contributed by atoms with Crippen molar-refractivity contribution >= 4 is 21.2 Å². The summed E-state index contributed by atoms with van der Waals surface area (Å²) in [6, 6.07) is 0.0506. The van der Waals surface area contributed by atoms with Gasteiger partial charge in [0.05, 0.1) is 22.5 Å². The maximum atomic E-state index is 11.2. The largest absolute Gasteiger partial charge is 0.309 e. The predicted molar refractivity (Wildman–Crippen MR) is 72.2 cm³/mol. The molecule has 1 atom stereocenters. The van der Waals surface area contributed by atoms with Crippen LogP contribution in [0.2, 0.25) is 0 Å². The molecule has 1 N–H and O–H groups in total. The van der Waals surface area contributed by atoms with Crippen molar-refractivity contribution in [1.82, 2.24) is 10.3 Å². The minimum Gasteiger partial charge on any atom is -0.309 e. The number of rotatable bonds is 7. The molecule has 0 spiro atoms. The molecular formula is C11H20N2O2S2. The first-order valence-corrected chi connectivity index (χ1v) is 8.69. The Hall–Kier alpha value is -0.460. The van der Waals surface area contributed by atoms with Crippen molar-refractivity contribution in [2.75, 3.05) is 18.6 Å². The second kappa shape index (κ2) is 6.47. The van der Waals surface area contributed by atoms with Crippen LogP contribution in [0.1, 0.15) is 36.5 Å². The third-order valence-electron chi connectivity index (χ3n) is 2.41. The molecule has 98 valence electrons. The van der Waals surface area contributed by atoms with E-state index >= 15 is 0 Å². The zero-order valence-corrected chi connectivity index (χ0v) is 12.2. The van der Waals surface area contributed by atoms with Crippen LogP contribution in [0.3, 0.4) is 0 Å². The van der Waals surface area contributed by atoms with Crippen LogP contribution in [0.5, 0.6) is 0 Å². The van der Waals surface area contributed by atoms with E-state index in [1.54, 1.807) is 11.3 Å². The molecule has 0 radical (unpaired) electrons. The maximum absolute atomic E-state index is 11.2. The molecule has 1 aromatic rings. The van der Waals surface area contributed by atoms with Crippen molar-refractivity contribution < 1.29 is 8.42 Å². The van der Waals surface area contributed by atoms with Gasteiger partial charge >= 0.3 is 0 Å². The Morgan fingerprint density at radius 1 is 1.53 bits per heavy atom. The Labute approximate surface area is 107 Å². The topological polar surface area (TPSA) is 59.1 Å². The molecule has 0 bridgehead atoms. The first kappa shape index (κ1) is 14.6. The second-order valence-electron chi connectivity index (χ2n) is 4.22. The van der Waals surface area contributed by atoms with Crippen LogP contribution in [0.4, 0.5) is 0 Å². The number of nitrogens with zero attached hydrogens (tertiary/aromatic N) is 1. The molecule has 17 heavy (non-hydrogen) atoms. The molecule has 0 aliphatic heterocycles. The zero-order valence-electron chi connectivity index (χ0n) is 10.6. The Morgan fingerprint density at radius 2 is 2.24 bits per heavy atom. The Balaban J connectivity index is 2.67. The van der Waals surface area contributed by atoms with E-state index in [0.29, 0.717) is 6.42 Å². The standard InChI is InChI=1S/C11H20N2O2S2/c1-4-6-12-10(5-7-17(3,14)15)11-8-16-9(2)13-11/h8,10,12H,4-7H2,1-3H3. The number of hydrogen-bond acceptors (Lipinski definition) is 5. The minimum absolute atomic E-state index is 0.0506. The molecule has 0 aliphatic carbocycles. The molecule has 0 fully saturated rings. The highest BCUT2D eigenvalue weighted by molar-refractivity contribution is 7.90. The summed E-state index contributed by atoms with van der Waals surface area (Å²) in [7, 11) is -2.91. The SMILES string of the molecule is CCCNC(CCS(C)(=O)=O)c1csc(C)n1. The number of thiazole rings is 1. The molecule has 0 aromatic carbocycles. The van der Waals surface area contributed by atoms with Gasteiger partial charge in [-0.15, -0.1) is 11.3 Å². The molecule has 1 rings (SSSR count). The number of aromatic nitrogens is 1. The van der Waals surface area contributed by atoms with Crippen molar-refractivity contribution in [3.8, 4) is 0 Å². The van der Waals surface area contributed by atoms with E-state index in [4.69, 9.17) is 0 Å². The first-order chi connectivity index (χ1) is 7.92. The van der Waals surface area contributed by atoms with Crippen LogP contribution in [0.25, 0.3) is 0 Å². The summed E-state index contributed by atoms with van der Waals surface area (Å²) >= 11 is 1.60. The number of hydrogen-bond donors (Lipinski definition) is 1. The quantitative estimate of drug-likeness (QED) is 0.826. The van der Waals surface area contributed by atoms with Gasteiger partial charge in [0.15, 0.2) is 0 Å². The van der Waals surface area contributed by atoms with E-state index in [9.17, 15) is 8.42 Å². The number of aryl methyl sites for hydroxylation is 1. The monoisotopic (exact) mass is 276 g/mol. The summed E-state index contributed by atoms with van der Waals surface area (Å²) in [5.74, 6) is 0.199. The highest BCUT2D eigenvalue weighted by Crippen LogP contribution is 2.19. The van der Waals surface area contributed by atoms with Gasteiger partial charge in [0, 0.05) is 11.6 Å². The van der Waals surface area contributed by atoms with Gasteiger partial charge in [0.2, 0.25) is 0 Å². The molecule has 6 heteroatoms. The van der Waals surface area contributed by atoms with Crippen LogP contribution < -0.4 is 5.32 Å². The Morgan fingerprint density at radius 3 is 2.71 bits per heavy atom. The molecule has 0 amide bonds. The normalized spacial score (nSPS) is 13.8. The van der Waals surface area contributed by atoms with Crippen LogP contribution >= 0.6 is 11.3 Å². The Kier molecular flexibility index (Phi) is 5.55. The van der Waals surface area contributed by atoms with Gasteiger partial charge < -0.3 is 5.32 Å². The molecule has 0 saturated heterocycles.